The summed E-state index contributed by atoms with van der Waals surface area (Å²) in [4.78, 5) is 8.55. The third-order valence-corrected chi connectivity index (χ3v) is 4.27. The van der Waals surface area contributed by atoms with Gasteiger partial charge in [0.25, 0.3) is 0 Å². The number of rotatable bonds is 5. The van der Waals surface area contributed by atoms with Gasteiger partial charge in [-0.2, -0.15) is 5.10 Å². The van der Waals surface area contributed by atoms with Gasteiger partial charge in [0.15, 0.2) is 5.82 Å². The number of para-hydroxylation sites is 1. The van der Waals surface area contributed by atoms with Crippen molar-refractivity contribution in [1.29, 1.82) is 0 Å². The van der Waals surface area contributed by atoms with Crippen molar-refractivity contribution in [3.63, 3.8) is 0 Å². The first-order valence-corrected chi connectivity index (χ1v) is 8.65. The Hall–Kier alpha value is -3.57. The minimum atomic E-state index is -0.866. The summed E-state index contributed by atoms with van der Waals surface area (Å²) in [6.07, 6.45) is 0.630. The van der Waals surface area contributed by atoms with E-state index in [1.807, 2.05) is 84.9 Å². The smallest absolute Gasteiger partial charge is 0.157 e. The molecule has 0 saturated carbocycles. The van der Waals surface area contributed by atoms with Crippen molar-refractivity contribution in [3.8, 4) is 0 Å². The number of aliphatic hydroxyl groups excluding tert-OH is 1. The highest BCUT2D eigenvalue weighted by Crippen LogP contribution is 2.22. The molecule has 0 fully saturated rings. The summed E-state index contributed by atoms with van der Waals surface area (Å²) in [7, 11) is 0. The number of aliphatic hydroxyl groups is 1. The summed E-state index contributed by atoms with van der Waals surface area (Å²) in [5.74, 6) is 0.592. The third-order valence-electron chi connectivity index (χ3n) is 4.27. The molecule has 1 unspecified atom stereocenters. The molecule has 0 aliphatic heterocycles. The van der Waals surface area contributed by atoms with Crippen LogP contribution in [-0.4, -0.2) is 20.8 Å². The first-order valence-electron chi connectivity index (χ1n) is 8.65. The van der Waals surface area contributed by atoms with Crippen LogP contribution in [0, 0.1) is 0 Å². The maximum Gasteiger partial charge on any atom is 0.157 e. The van der Waals surface area contributed by atoms with Gasteiger partial charge in [-0.1, -0.05) is 72.8 Å². The standard InChI is InChI=1S/C22H18N4O/c27-21(17-11-5-2-6-12-17)20(16-9-3-1-4-10-16)25-26-22-18-13-7-8-14-19(18)23-15-24-22/h1-15,21,27H,(H,23,24,26). The van der Waals surface area contributed by atoms with Crippen LogP contribution in [0.15, 0.2) is 96.4 Å². The van der Waals surface area contributed by atoms with Crippen molar-refractivity contribution in [3.05, 3.63) is 102 Å². The largest absolute Gasteiger partial charge is 0.382 e. The van der Waals surface area contributed by atoms with E-state index in [1.54, 1.807) is 0 Å². The molecule has 1 aromatic heterocycles. The van der Waals surface area contributed by atoms with Crippen LogP contribution >= 0.6 is 0 Å². The lowest BCUT2D eigenvalue weighted by molar-refractivity contribution is 0.248. The highest BCUT2D eigenvalue weighted by Gasteiger charge is 2.17. The summed E-state index contributed by atoms with van der Waals surface area (Å²) in [5.41, 5.74) is 5.97. The Morgan fingerprint density at radius 1 is 0.815 bits per heavy atom. The molecule has 27 heavy (non-hydrogen) atoms. The Morgan fingerprint density at radius 3 is 2.26 bits per heavy atom. The lowest BCUT2D eigenvalue weighted by Gasteiger charge is -2.15. The Morgan fingerprint density at radius 2 is 1.48 bits per heavy atom. The Bertz CT molecular complexity index is 1060. The average molecular weight is 354 g/mol. The van der Waals surface area contributed by atoms with E-state index in [2.05, 4.69) is 20.5 Å². The summed E-state index contributed by atoms with van der Waals surface area (Å²) < 4.78 is 0. The molecule has 1 atom stereocenters. The number of hydrazone groups is 1. The zero-order valence-corrected chi connectivity index (χ0v) is 14.5. The quantitative estimate of drug-likeness (QED) is 0.417. The zero-order valence-electron chi connectivity index (χ0n) is 14.5. The topological polar surface area (TPSA) is 70.4 Å². The maximum absolute atomic E-state index is 10.9. The van der Waals surface area contributed by atoms with E-state index in [9.17, 15) is 5.11 Å². The van der Waals surface area contributed by atoms with E-state index >= 15 is 0 Å². The fraction of sp³-hybridized carbons (Fsp3) is 0.0455. The number of hydrogen-bond donors (Lipinski definition) is 2. The summed E-state index contributed by atoms with van der Waals surface area (Å²) >= 11 is 0. The third kappa shape index (κ3) is 3.68. The van der Waals surface area contributed by atoms with Crippen molar-refractivity contribution < 1.29 is 5.11 Å². The van der Waals surface area contributed by atoms with E-state index in [-0.39, 0.29) is 0 Å². The maximum atomic E-state index is 10.9. The summed E-state index contributed by atoms with van der Waals surface area (Å²) in [5, 5.41) is 16.3. The van der Waals surface area contributed by atoms with Crippen molar-refractivity contribution in [2.45, 2.75) is 6.10 Å². The second-order valence-corrected chi connectivity index (χ2v) is 6.03. The van der Waals surface area contributed by atoms with Gasteiger partial charge in [-0.05, 0) is 17.7 Å². The molecule has 5 heteroatoms. The molecule has 0 aliphatic carbocycles. The lowest BCUT2D eigenvalue weighted by atomic mass is 9.99. The fourth-order valence-electron chi connectivity index (χ4n) is 2.89. The van der Waals surface area contributed by atoms with E-state index in [0.29, 0.717) is 11.5 Å². The molecule has 0 radical (unpaired) electrons. The molecule has 4 aromatic rings. The van der Waals surface area contributed by atoms with Crippen LogP contribution in [0.25, 0.3) is 10.9 Å². The zero-order chi connectivity index (χ0) is 18.5. The van der Waals surface area contributed by atoms with Gasteiger partial charge in [0.05, 0.1) is 5.52 Å². The molecule has 0 saturated heterocycles. The van der Waals surface area contributed by atoms with Gasteiger partial charge in [0.2, 0.25) is 0 Å². The SMILES string of the molecule is OC(C(=NNc1ncnc2ccccc12)c1ccccc1)c1ccccc1. The summed E-state index contributed by atoms with van der Waals surface area (Å²) in [6, 6.07) is 26.8. The van der Waals surface area contributed by atoms with Crippen molar-refractivity contribution in [2.75, 3.05) is 5.43 Å². The van der Waals surface area contributed by atoms with Crippen molar-refractivity contribution in [1.82, 2.24) is 9.97 Å². The van der Waals surface area contributed by atoms with Gasteiger partial charge in [-0.25, -0.2) is 9.97 Å². The van der Waals surface area contributed by atoms with Gasteiger partial charge in [0, 0.05) is 10.9 Å². The second kappa shape index (κ2) is 7.76. The molecule has 0 amide bonds. The van der Waals surface area contributed by atoms with Gasteiger partial charge in [0.1, 0.15) is 18.1 Å². The molecule has 2 N–H and O–H groups in total. The number of nitrogens with zero attached hydrogens (tertiary/aromatic N) is 3. The molecule has 3 aromatic carbocycles. The van der Waals surface area contributed by atoms with Gasteiger partial charge >= 0.3 is 0 Å². The van der Waals surface area contributed by atoms with E-state index in [4.69, 9.17) is 0 Å². The predicted molar refractivity (Wildman–Crippen MR) is 108 cm³/mol. The predicted octanol–water partition coefficient (Wildman–Crippen LogP) is 4.18. The molecular formula is C22H18N4O. The van der Waals surface area contributed by atoms with Crippen LogP contribution in [0.5, 0.6) is 0 Å². The molecule has 0 aliphatic rings. The monoisotopic (exact) mass is 354 g/mol. The van der Waals surface area contributed by atoms with Gasteiger partial charge in [-0.3, -0.25) is 5.43 Å². The molecule has 1 heterocycles. The number of benzene rings is 3. The number of anilines is 1. The number of fused-ring (bicyclic) bond motifs is 1. The van der Waals surface area contributed by atoms with Crippen LogP contribution in [-0.2, 0) is 0 Å². The minimum absolute atomic E-state index is 0.518. The Labute approximate surface area is 157 Å². The molecule has 0 spiro atoms. The first kappa shape index (κ1) is 16.9. The fourth-order valence-corrected chi connectivity index (χ4v) is 2.89. The van der Waals surface area contributed by atoms with Crippen molar-refractivity contribution in [2.24, 2.45) is 5.10 Å². The van der Waals surface area contributed by atoms with Crippen molar-refractivity contribution >= 4 is 22.4 Å². The van der Waals surface area contributed by atoms with Crippen LogP contribution in [0.3, 0.4) is 0 Å². The van der Waals surface area contributed by atoms with E-state index in [0.717, 1.165) is 22.0 Å². The molecule has 5 nitrogen and oxygen atoms in total. The van der Waals surface area contributed by atoms with Crippen LogP contribution in [0.2, 0.25) is 0 Å². The highest BCUT2D eigenvalue weighted by atomic mass is 16.3. The number of aromatic nitrogens is 2. The number of hydrogen-bond acceptors (Lipinski definition) is 5. The van der Waals surface area contributed by atoms with Gasteiger partial charge in [-0.15, -0.1) is 0 Å². The molecule has 4 rings (SSSR count). The second-order valence-electron chi connectivity index (χ2n) is 6.03. The Balaban J connectivity index is 1.74. The molecule has 0 bridgehead atoms. The average Bonchev–Trinajstić information content (AvgIpc) is 2.75. The summed E-state index contributed by atoms with van der Waals surface area (Å²) in [6.45, 7) is 0. The normalized spacial score (nSPS) is 12.7. The molecular weight excluding hydrogens is 336 g/mol. The number of nitrogens with one attached hydrogen (secondary N) is 1. The Kier molecular flexibility index (Phi) is 4.85. The van der Waals surface area contributed by atoms with Crippen LogP contribution < -0.4 is 5.43 Å². The molecule has 132 valence electrons. The first-order chi connectivity index (χ1) is 13.3. The van der Waals surface area contributed by atoms with Crippen LogP contribution in [0.1, 0.15) is 17.2 Å². The van der Waals surface area contributed by atoms with E-state index < -0.39 is 6.10 Å². The highest BCUT2D eigenvalue weighted by molar-refractivity contribution is 6.04. The minimum Gasteiger partial charge on any atom is -0.382 e. The lowest BCUT2D eigenvalue weighted by Crippen LogP contribution is -2.16. The van der Waals surface area contributed by atoms with Gasteiger partial charge < -0.3 is 5.11 Å². The van der Waals surface area contributed by atoms with E-state index in [1.165, 1.54) is 6.33 Å². The van der Waals surface area contributed by atoms with Crippen LogP contribution in [0.4, 0.5) is 5.82 Å².